The van der Waals surface area contributed by atoms with Crippen molar-refractivity contribution in [2.45, 2.75) is 26.2 Å². The van der Waals surface area contributed by atoms with Gasteiger partial charge in [-0.15, -0.1) is 0 Å². The highest BCUT2D eigenvalue weighted by Crippen LogP contribution is 2.36. The van der Waals surface area contributed by atoms with E-state index in [-0.39, 0.29) is 5.78 Å². The summed E-state index contributed by atoms with van der Waals surface area (Å²) in [6, 6.07) is 15.6. The lowest BCUT2D eigenvalue weighted by Crippen LogP contribution is -2.19. The van der Waals surface area contributed by atoms with Crippen LogP contribution in [0.15, 0.2) is 59.7 Å². The fraction of sp³-hybridized carbons (Fsp3) is 0.292. The predicted molar refractivity (Wildman–Crippen MR) is 110 cm³/mol. The number of ether oxygens (including phenoxy) is 2. The molecule has 1 aliphatic rings. The third kappa shape index (κ3) is 4.30. The Morgan fingerprint density at radius 2 is 1.30 bits per heavy atom. The van der Waals surface area contributed by atoms with Crippen LogP contribution in [0, 0.1) is 5.92 Å². The molecule has 2 aromatic carbocycles. The molecule has 0 aliphatic heterocycles. The molecular formula is C24H26O3. The van der Waals surface area contributed by atoms with Crippen molar-refractivity contribution < 1.29 is 14.3 Å². The number of Topliss-reactive ketones (excluding diaryl/α,β-unsaturated/α-hetero) is 1. The number of rotatable bonds is 5. The Morgan fingerprint density at radius 3 is 1.70 bits per heavy atom. The van der Waals surface area contributed by atoms with Crippen LogP contribution in [0.4, 0.5) is 0 Å². The van der Waals surface area contributed by atoms with E-state index in [2.05, 4.69) is 6.92 Å². The van der Waals surface area contributed by atoms with Crippen LogP contribution in [0.2, 0.25) is 0 Å². The zero-order valence-corrected chi connectivity index (χ0v) is 16.2. The number of carbonyl (C=O) groups excluding carboxylic acids is 1. The van der Waals surface area contributed by atoms with E-state index >= 15 is 0 Å². The molecule has 1 unspecified atom stereocenters. The molecule has 1 atom stereocenters. The maximum absolute atomic E-state index is 13.2. The molecule has 2 aromatic rings. The van der Waals surface area contributed by atoms with E-state index in [0.29, 0.717) is 5.92 Å². The first kappa shape index (κ1) is 19.0. The van der Waals surface area contributed by atoms with Crippen LogP contribution in [-0.4, -0.2) is 20.0 Å². The lowest BCUT2D eigenvalue weighted by molar-refractivity contribution is -0.113. The number of hydrogen-bond donors (Lipinski definition) is 0. The minimum absolute atomic E-state index is 0.122. The Bertz CT molecular complexity index is 807. The van der Waals surface area contributed by atoms with Crippen molar-refractivity contribution in [3.8, 4) is 11.5 Å². The van der Waals surface area contributed by atoms with Crippen LogP contribution < -0.4 is 9.47 Å². The van der Waals surface area contributed by atoms with E-state index in [1.807, 2.05) is 60.7 Å². The Labute approximate surface area is 161 Å². The number of benzene rings is 2. The highest BCUT2D eigenvalue weighted by atomic mass is 16.5. The van der Waals surface area contributed by atoms with Crippen LogP contribution >= 0.6 is 0 Å². The molecule has 3 nitrogen and oxygen atoms in total. The maximum Gasteiger partial charge on any atom is 0.185 e. The Balaban J connectivity index is 2.01. The average molecular weight is 362 g/mol. The first-order chi connectivity index (χ1) is 13.2. The molecule has 1 fully saturated rings. The molecule has 0 saturated heterocycles. The molecule has 0 aromatic heterocycles. The van der Waals surface area contributed by atoms with Gasteiger partial charge in [0.05, 0.1) is 14.2 Å². The second kappa shape index (κ2) is 8.72. The largest absolute Gasteiger partial charge is 0.496 e. The van der Waals surface area contributed by atoms with E-state index in [9.17, 15) is 4.79 Å². The summed E-state index contributed by atoms with van der Waals surface area (Å²) in [7, 11) is 3.31. The third-order valence-corrected chi connectivity index (χ3v) is 5.12. The highest BCUT2D eigenvalue weighted by molar-refractivity contribution is 6.14. The van der Waals surface area contributed by atoms with Gasteiger partial charge in [-0.25, -0.2) is 0 Å². The van der Waals surface area contributed by atoms with E-state index in [1.165, 1.54) is 0 Å². The first-order valence-electron chi connectivity index (χ1n) is 9.38. The summed E-state index contributed by atoms with van der Waals surface area (Å²) < 4.78 is 10.9. The van der Waals surface area contributed by atoms with Gasteiger partial charge in [-0.3, -0.25) is 4.79 Å². The van der Waals surface area contributed by atoms with Crippen molar-refractivity contribution in [2.24, 2.45) is 5.92 Å². The lowest BCUT2D eigenvalue weighted by Gasteiger charge is -2.25. The molecule has 0 radical (unpaired) electrons. The van der Waals surface area contributed by atoms with Gasteiger partial charge >= 0.3 is 0 Å². The molecule has 3 rings (SSSR count). The van der Waals surface area contributed by atoms with E-state index in [1.54, 1.807) is 14.2 Å². The van der Waals surface area contributed by atoms with Crippen LogP contribution in [0.25, 0.3) is 12.2 Å². The zero-order chi connectivity index (χ0) is 19.2. The summed E-state index contributed by atoms with van der Waals surface area (Å²) in [5, 5.41) is 0. The van der Waals surface area contributed by atoms with Gasteiger partial charge in [0.2, 0.25) is 0 Å². The Morgan fingerprint density at radius 1 is 0.852 bits per heavy atom. The SMILES string of the molecule is CCC1C/C(=C/c2ccccc2OC)C(=O)/C(=C/c2ccccc2OC)C1. The molecule has 0 amide bonds. The monoisotopic (exact) mass is 362 g/mol. The molecule has 1 aliphatic carbocycles. The van der Waals surface area contributed by atoms with Gasteiger partial charge in [0.1, 0.15) is 11.5 Å². The normalized spacial score (nSPS) is 20.1. The average Bonchev–Trinajstić information content (AvgIpc) is 2.71. The van der Waals surface area contributed by atoms with Crippen molar-refractivity contribution >= 4 is 17.9 Å². The van der Waals surface area contributed by atoms with Crippen molar-refractivity contribution in [2.75, 3.05) is 14.2 Å². The molecule has 0 bridgehead atoms. The molecule has 1 saturated carbocycles. The number of methoxy groups -OCH3 is 2. The minimum atomic E-state index is 0.122. The Kier molecular flexibility index (Phi) is 6.12. The fourth-order valence-corrected chi connectivity index (χ4v) is 3.57. The van der Waals surface area contributed by atoms with Gasteiger partial charge in [-0.05, 0) is 43.0 Å². The predicted octanol–water partition coefficient (Wildman–Crippen LogP) is 5.56. The molecule has 0 N–H and O–H groups in total. The highest BCUT2D eigenvalue weighted by Gasteiger charge is 2.27. The molecule has 3 heteroatoms. The molecule has 0 heterocycles. The number of para-hydroxylation sites is 2. The molecular weight excluding hydrogens is 336 g/mol. The summed E-state index contributed by atoms with van der Waals surface area (Å²) in [6.45, 7) is 2.18. The number of carbonyl (C=O) groups is 1. The van der Waals surface area contributed by atoms with Crippen molar-refractivity contribution in [1.82, 2.24) is 0 Å². The topological polar surface area (TPSA) is 35.5 Å². The summed E-state index contributed by atoms with van der Waals surface area (Å²) in [5.74, 6) is 2.15. The van der Waals surface area contributed by atoms with Crippen molar-refractivity contribution in [3.05, 3.63) is 70.8 Å². The molecule has 0 spiro atoms. The van der Waals surface area contributed by atoms with Crippen LogP contribution in [0.1, 0.15) is 37.3 Å². The van der Waals surface area contributed by atoms with Crippen LogP contribution in [-0.2, 0) is 4.79 Å². The van der Waals surface area contributed by atoms with Gasteiger partial charge in [0, 0.05) is 22.3 Å². The second-order valence-electron chi connectivity index (χ2n) is 6.83. The van der Waals surface area contributed by atoms with Crippen LogP contribution in [0.3, 0.4) is 0 Å². The molecule has 140 valence electrons. The van der Waals surface area contributed by atoms with Gasteiger partial charge in [-0.2, -0.15) is 0 Å². The van der Waals surface area contributed by atoms with Gasteiger partial charge in [0.25, 0.3) is 0 Å². The van der Waals surface area contributed by atoms with E-state index < -0.39 is 0 Å². The van der Waals surface area contributed by atoms with Crippen LogP contribution in [0.5, 0.6) is 11.5 Å². The van der Waals surface area contributed by atoms with E-state index in [4.69, 9.17) is 9.47 Å². The summed E-state index contributed by atoms with van der Waals surface area (Å²) in [4.78, 5) is 13.2. The van der Waals surface area contributed by atoms with Gasteiger partial charge in [0.15, 0.2) is 5.78 Å². The quantitative estimate of drug-likeness (QED) is 0.653. The standard InChI is InChI=1S/C24H26O3/c1-4-17-13-20(15-18-9-5-7-11-22(18)26-2)24(25)21(14-17)16-19-10-6-8-12-23(19)27-3/h5-12,15-17H,4,13-14H2,1-3H3/b20-15-,21-16+. The van der Waals surface area contributed by atoms with Gasteiger partial charge in [-0.1, -0.05) is 49.7 Å². The number of ketones is 1. The lowest BCUT2D eigenvalue weighted by atomic mass is 9.78. The summed E-state index contributed by atoms with van der Waals surface area (Å²) >= 11 is 0. The second-order valence-corrected chi connectivity index (χ2v) is 6.83. The molecule has 27 heavy (non-hydrogen) atoms. The fourth-order valence-electron chi connectivity index (χ4n) is 3.57. The van der Waals surface area contributed by atoms with Crippen molar-refractivity contribution in [1.29, 1.82) is 0 Å². The number of hydrogen-bond acceptors (Lipinski definition) is 3. The zero-order valence-electron chi connectivity index (χ0n) is 16.2. The minimum Gasteiger partial charge on any atom is -0.496 e. The van der Waals surface area contributed by atoms with Crippen molar-refractivity contribution in [3.63, 3.8) is 0 Å². The van der Waals surface area contributed by atoms with Gasteiger partial charge < -0.3 is 9.47 Å². The maximum atomic E-state index is 13.2. The smallest absolute Gasteiger partial charge is 0.185 e. The third-order valence-electron chi connectivity index (χ3n) is 5.12. The van der Waals surface area contributed by atoms with E-state index in [0.717, 1.165) is 53.0 Å². The first-order valence-corrected chi connectivity index (χ1v) is 9.38. The summed E-state index contributed by atoms with van der Waals surface area (Å²) in [5.41, 5.74) is 3.57. The number of allylic oxidation sites excluding steroid dienone is 2. The Hall–Kier alpha value is -2.81. The summed E-state index contributed by atoms with van der Waals surface area (Å²) in [6.07, 6.45) is 6.62.